The van der Waals surface area contributed by atoms with Crippen LogP contribution in [-0.4, -0.2) is 76.4 Å². The Morgan fingerprint density at radius 3 is 2.88 bits per heavy atom. The fraction of sp³-hybridized carbons (Fsp3) is 0.727. The van der Waals surface area contributed by atoms with Gasteiger partial charge in [-0.3, -0.25) is 14.6 Å². The molecule has 2 aromatic rings. The number of aryl methyl sites for hydroxylation is 1. The third-order valence-electron chi connectivity index (χ3n) is 7.45. The van der Waals surface area contributed by atoms with Crippen molar-refractivity contribution >= 4 is 5.91 Å². The fourth-order valence-corrected chi connectivity index (χ4v) is 5.82. The average molecular weight is 445 g/mol. The molecule has 5 rings (SSSR count). The molecule has 2 aromatic heterocycles. The van der Waals surface area contributed by atoms with Crippen molar-refractivity contribution in [2.24, 2.45) is 11.3 Å². The molecule has 1 aliphatic carbocycles. The molecule has 0 unspecified atom stereocenters. The summed E-state index contributed by atoms with van der Waals surface area (Å²) < 4.78 is 15.8. The third-order valence-corrected chi connectivity index (χ3v) is 7.45. The number of ether oxygens (including phenoxy) is 1. The highest BCUT2D eigenvalue weighted by atomic mass is 16.5. The second kappa shape index (κ2) is 9.29. The van der Waals surface area contributed by atoms with Gasteiger partial charge >= 0.3 is 0 Å². The molecule has 0 aromatic carbocycles. The largest absolute Gasteiger partial charge is 0.379 e. The number of aromatic nitrogens is 3. The molecule has 1 N–H and O–H groups in total. The molecule has 4 heterocycles. The molecule has 2 saturated heterocycles. The summed E-state index contributed by atoms with van der Waals surface area (Å²) in [6.45, 7) is 8.18. The van der Waals surface area contributed by atoms with E-state index >= 15 is 0 Å². The standard InChI is InChI=1S/C22H32N6O4/c1-16-10-19(32-25-16)13-27-5-3-17-11-18(28-6-8-30-9-7-28)2-4-22(17,14-27)21(29)23-12-20-24-15-31-26-20/h10,15,17-18H,2-9,11-14H2,1H3,(H,23,29)/t17-,18-,22-/m1/s1. The molecule has 2 aliphatic heterocycles. The van der Waals surface area contributed by atoms with E-state index in [4.69, 9.17) is 13.8 Å². The van der Waals surface area contributed by atoms with Gasteiger partial charge in [0.15, 0.2) is 11.6 Å². The number of nitrogens with zero attached hydrogens (tertiary/aromatic N) is 5. The number of amides is 1. The van der Waals surface area contributed by atoms with Gasteiger partial charge in [-0.25, -0.2) is 0 Å². The van der Waals surface area contributed by atoms with Crippen molar-refractivity contribution < 1.29 is 18.6 Å². The van der Waals surface area contributed by atoms with Crippen LogP contribution >= 0.6 is 0 Å². The minimum Gasteiger partial charge on any atom is -0.379 e. The number of hydrogen-bond donors (Lipinski definition) is 1. The molecule has 174 valence electrons. The molecule has 0 bridgehead atoms. The van der Waals surface area contributed by atoms with Crippen molar-refractivity contribution in [3.63, 3.8) is 0 Å². The molecule has 3 atom stereocenters. The number of piperidine rings is 1. The molecular weight excluding hydrogens is 412 g/mol. The van der Waals surface area contributed by atoms with Gasteiger partial charge in [-0.15, -0.1) is 0 Å². The topological polar surface area (TPSA) is 110 Å². The maximum atomic E-state index is 13.6. The Kier molecular flexibility index (Phi) is 6.25. The Balaban J connectivity index is 1.31. The van der Waals surface area contributed by atoms with Crippen LogP contribution in [-0.2, 0) is 22.6 Å². The lowest BCUT2D eigenvalue weighted by atomic mass is 9.61. The van der Waals surface area contributed by atoms with Crippen LogP contribution < -0.4 is 5.32 Å². The van der Waals surface area contributed by atoms with E-state index in [2.05, 4.69) is 30.4 Å². The third kappa shape index (κ3) is 4.44. The zero-order valence-electron chi connectivity index (χ0n) is 18.7. The van der Waals surface area contributed by atoms with Gasteiger partial charge in [0.25, 0.3) is 0 Å². The molecule has 1 saturated carbocycles. The number of likely N-dealkylation sites (tertiary alicyclic amines) is 1. The number of carbonyl (C=O) groups is 1. The van der Waals surface area contributed by atoms with Crippen molar-refractivity contribution in [3.05, 3.63) is 29.7 Å². The van der Waals surface area contributed by atoms with Crippen LogP contribution in [0.5, 0.6) is 0 Å². The zero-order chi connectivity index (χ0) is 22.0. The van der Waals surface area contributed by atoms with Crippen molar-refractivity contribution in [1.29, 1.82) is 0 Å². The van der Waals surface area contributed by atoms with Gasteiger partial charge in [-0.1, -0.05) is 10.3 Å². The summed E-state index contributed by atoms with van der Waals surface area (Å²) in [7, 11) is 0. The second-order valence-electron chi connectivity index (χ2n) is 9.39. The van der Waals surface area contributed by atoms with Crippen LogP contribution in [0.25, 0.3) is 0 Å². The van der Waals surface area contributed by atoms with Gasteiger partial charge in [-0.2, -0.15) is 4.98 Å². The van der Waals surface area contributed by atoms with Crippen LogP contribution in [0.1, 0.15) is 43.0 Å². The van der Waals surface area contributed by atoms with Gasteiger partial charge in [0.2, 0.25) is 12.3 Å². The van der Waals surface area contributed by atoms with Gasteiger partial charge in [-0.05, 0) is 45.1 Å². The summed E-state index contributed by atoms with van der Waals surface area (Å²) in [6.07, 6.45) is 5.26. The maximum absolute atomic E-state index is 13.6. The van der Waals surface area contributed by atoms with Gasteiger partial charge in [0, 0.05) is 31.7 Å². The van der Waals surface area contributed by atoms with Crippen molar-refractivity contribution in [2.45, 2.75) is 51.7 Å². The molecular formula is C22H32N6O4. The van der Waals surface area contributed by atoms with Crippen LogP contribution in [0, 0.1) is 18.3 Å². The number of nitrogens with one attached hydrogen (secondary N) is 1. The predicted octanol–water partition coefficient (Wildman–Crippen LogP) is 1.38. The monoisotopic (exact) mass is 444 g/mol. The summed E-state index contributed by atoms with van der Waals surface area (Å²) in [6, 6.07) is 2.51. The predicted molar refractivity (Wildman–Crippen MR) is 113 cm³/mol. The molecule has 10 nitrogen and oxygen atoms in total. The average Bonchev–Trinajstić information content (AvgIpc) is 3.49. The van der Waals surface area contributed by atoms with E-state index in [9.17, 15) is 4.79 Å². The quantitative estimate of drug-likeness (QED) is 0.706. The van der Waals surface area contributed by atoms with E-state index in [1.807, 2.05) is 13.0 Å². The van der Waals surface area contributed by atoms with E-state index in [-0.39, 0.29) is 12.5 Å². The lowest BCUT2D eigenvalue weighted by Gasteiger charge is -2.53. The first-order chi connectivity index (χ1) is 15.6. The van der Waals surface area contributed by atoms with E-state index in [0.29, 0.717) is 24.3 Å². The summed E-state index contributed by atoms with van der Waals surface area (Å²) in [5.74, 6) is 1.80. The summed E-state index contributed by atoms with van der Waals surface area (Å²) in [4.78, 5) is 22.6. The fourth-order valence-electron chi connectivity index (χ4n) is 5.82. The minimum absolute atomic E-state index is 0.103. The van der Waals surface area contributed by atoms with E-state index < -0.39 is 5.41 Å². The first kappa shape index (κ1) is 21.5. The SMILES string of the molecule is Cc1cc(CN2CC[C@@H]3C[C@H](N4CCOCC4)CC[C@@]3(C(=O)NCc3ncon3)C2)on1. The maximum Gasteiger partial charge on any atom is 0.228 e. The van der Waals surface area contributed by atoms with Gasteiger partial charge < -0.3 is 19.1 Å². The lowest BCUT2D eigenvalue weighted by Crippen LogP contribution is -2.60. The number of fused-ring (bicyclic) bond motifs is 1. The normalized spacial score (nSPS) is 29.5. The highest BCUT2D eigenvalue weighted by Gasteiger charge is 2.52. The number of morpholine rings is 1. The van der Waals surface area contributed by atoms with Crippen LogP contribution in [0.2, 0.25) is 0 Å². The van der Waals surface area contributed by atoms with Crippen molar-refractivity contribution in [2.75, 3.05) is 39.4 Å². The van der Waals surface area contributed by atoms with E-state index in [0.717, 1.165) is 76.5 Å². The smallest absolute Gasteiger partial charge is 0.228 e. The Hall–Kier alpha value is -2.30. The molecule has 32 heavy (non-hydrogen) atoms. The summed E-state index contributed by atoms with van der Waals surface area (Å²) in [5, 5.41) is 11.0. The van der Waals surface area contributed by atoms with Crippen LogP contribution in [0.3, 0.4) is 0 Å². The molecule has 1 amide bonds. The molecule has 0 radical (unpaired) electrons. The van der Waals surface area contributed by atoms with Crippen molar-refractivity contribution in [3.8, 4) is 0 Å². The van der Waals surface area contributed by atoms with E-state index in [1.165, 1.54) is 6.39 Å². The Labute approximate surface area is 187 Å². The number of carbonyl (C=O) groups excluding carboxylic acids is 1. The summed E-state index contributed by atoms with van der Waals surface area (Å²) >= 11 is 0. The highest BCUT2D eigenvalue weighted by molar-refractivity contribution is 5.83. The number of hydrogen-bond acceptors (Lipinski definition) is 9. The highest BCUT2D eigenvalue weighted by Crippen LogP contribution is 2.48. The Morgan fingerprint density at radius 1 is 1.25 bits per heavy atom. The number of rotatable bonds is 6. The summed E-state index contributed by atoms with van der Waals surface area (Å²) in [5.41, 5.74) is 0.466. The molecule has 3 aliphatic rings. The van der Waals surface area contributed by atoms with Gasteiger partial charge in [0.05, 0.1) is 37.4 Å². The molecule has 0 spiro atoms. The first-order valence-electron chi connectivity index (χ1n) is 11.6. The lowest BCUT2D eigenvalue weighted by molar-refractivity contribution is -0.145. The van der Waals surface area contributed by atoms with E-state index in [1.54, 1.807) is 0 Å². The van der Waals surface area contributed by atoms with Crippen LogP contribution in [0.15, 0.2) is 21.5 Å². The second-order valence-corrected chi connectivity index (χ2v) is 9.39. The zero-order valence-corrected chi connectivity index (χ0v) is 18.7. The van der Waals surface area contributed by atoms with Gasteiger partial charge in [0.1, 0.15) is 0 Å². The van der Waals surface area contributed by atoms with Crippen LogP contribution in [0.4, 0.5) is 0 Å². The Morgan fingerprint density at radius 2 is 2.12 bits per heavy atom. The Bertz CT molecular complexity index is 896. The first-order valence-corrected chi connectivity index (χ1v) is 11.6. The molecule has 3 fully saturated rings. The molecule has 10 heteroatoms. The minimum atomic E-state index is -0.417. The van der Waals surface area contributed by atoms with Crippen molar-refractivity contribution in [1.82, 2.24) is 30.4 Å².